The van der Waals surface area contributed by atoms with Crippen LogP contribution in [0.2, 0.25) is 0 Å². The number of rotatable bonds is 4. The minimum Gasteiger partial charge on any atom is -0.465 e. The molecule has 0 aromatic carbocycles. The second kappa shape index (κ2) is 7.13. The molecule has 2 atom stereocenters. The Labute approximate surface area is 132 Å². The summed E-state index contributed by atoms with van der Waals surface area (Å²) >= 11 is 0. The average molecular weight is 308 g/mol. The van der Waals surface area contributed by atoms with E-state index in [0.717, 1.165) is 63.4 Å². The van der Waals surface area contributed by atoms with E-state index < -0.39 is 0 Å². The zero-order valence-corrected chi connectivity index (χ0v) is 13.4. The van der Waals surface area contributed by atoms with Crippen molar-refractivity contribution in [3.05, 3.63) is 23.7 Å². The smallest absolute Gasteiger partial charge is 0.118 e. The second-order valence-electron chi connectivity index (χ2n) is 6.65. The highest BCUT2D eigenvalue weighted by atomic mass is 16.3. The van der Waals surface area contributed by atoms with Crippen molar-refractivity contribution in [2.24, 2.45) is 0 Å². The molecule has 124 valence electrons. The van der Waals surface area contributed by atoms with Crippen molar-refractivity contribution in [2.75, 3.05) is 26.2 Å². The number of aliphatic hydroxyl groups excluding tert-OH is 2. The second-order valence-corrected chi connectivity index (χ2v) is 6.65. The maximum Gasteiger partial charge on any atom is 0.118 e. The Balaban J connectivity index is 1.51. The standard InChI is InChI=1S/C17H28N2O3/c1-2-14-3-4-15(22-14)11-18-8-7-16(17(21)12-18)19-9-5-13(20)6-10-19/h3-4,13,16-17,20-21H,2,5-12H2,1H3/t16-,17-/m1/s1. The predicted octanol–water partition coefficient (Wildman–Crippen LogP) is 1.23. The maximum absolute atomic E-state index is 10.5. The zero-order chi connectivity index (χ0) is 15.5. The van der Waals surface area contributed by atoms with E-state index in [-0.39, 0.29) is 18.2 Å². The van der Waals surface area contributed by atoms with E-state index >= 15 is 0 Å². The summed E-state index contributed by atoms with van der Waals surface area (Å²) in [5.41, 5.74) is 0. The first kappa shape index (κ1) is 16.0. The van der Waals surface area contributed by atoms with Gasteiger partial charge in [0, 0.05) is 38.6 Å². The Kier molecular flexibility index (Phi) is 5.18. The summed E-state index contributed by atoms with van der Waals surface area (Å²) in [6.45, 7) is 6.37. The van der Waals surface area contributed by atoms with Gasteiger partial charge in [-0.2, -0.15) is 0 Å². The average Bonchev–Trinajstić information content (AvgIpc) is 2.96. The summed E-state index contributed by atoms with van der Waals surface area (Å²) in [4.78, 5) is 4.63. The fraction of sp³-hybridized carbons (Fsp3) is 0.765. The molecule has 0 spiro atoms. The molecule has 2 N–H and O–H groups in total. The van der Waals surface area contributed by atoms with E-state index in [0.29, 0.717) is 6.54 Å². The SMILES string of the molecule is CCc1ccc(CN2CC[C@@H](N3CCC(O)CC3)[C@H](O)C2)o1. The number of hydrogen-bond acceptors (Lipinski definition) is 5. The lowest BCUT2D eigenvalue weighted by Crippen LogP contribution is -2.55. The number of furan rings is 1. The van der Waals surface area contributed by atoms with Gasteiger partial charge in [0.2, 0.25) is 0 Å². The van der Waals surface area contributed by atoms with E-state index in [9.17, 15) is 10.2 Å². The molecule has 0 aliphatic carbocycles. The molecule has 0 saturated carbocycles. The Morgan fingerprint density at radius 3 is 2.45 bits per heavy atom. The highest BCUT2D eigenvalue weighted by Gasteiger charge is 2.33. The molecule has 0 radical (unpaired) electrons. The quantitative estimate of drug-likeness (QED) is 0.876. The summed E-state index contributed by atoms with van der Waals surface area (Å²) in [6.07, 6.45) is 3.10. The van der Waals surface area contributed by atoms with Crippen LogP contribution < -0.4 is 0 Å². The van der Waals surface area contributed by atoms with Crippen LogP contribution in [0, 0.1) is 0 Å². The van der Waals surface area contributed by atoms with Crippen LogP contribution in [0.25, 0.3) is 0 Å². The minimum absolute atomic E-state index is 0.153. The Bertz CT molecular complexity index is 468. The molecule has 3 heterocycles. The molecule has 2 fully saturated rings. The number of β-amino-alcohol motifs (C(OH)–C–C–N with tert-alkyl or cyclic N) is 1. The lowest BCUT2D eigenvalue weighted by Gasteiger charge is -2.43. The van der Waals surface area contributed by atoms with Gasteiger partial charge in [0.25, 0.3) is 0 Å². The summed E-state index contributed by atoms with van der Waals surface area (Å²) in [7, 11) is 0. The van der Waals surface area contributed by atoms with Gasteiger partial charge in [-0.3, -0.25) is 9.80 Å². The molecule has 5 nitrogen and oxygen atoms in total. The van der Waals surface area contributed by atoms with E-state index in [4.69, 9.17) is 4.42 Å². The molecule has 0 amide bonds. The molecule has 0 bridgehead atoms. The number of piperidine rings is 2. The highest BCUT2D eigenvalue weighted by molar-refractivity contribution is 5.07. The van der Waals surface area contributed by atoms with Crippen LogP contribution in [0.5, 0.6) is 0 Å². The van der Waals surface area contributed by atoms with Crippen molar-refractivity contribution in [2.45, 2.75) is 57.4 Å². The van der Waals surface area contributed by atoms with Crippen LogP contribution >= 0.6 is 0 Å². The third-order valence-electron chi connectivity index (χ3n) is 5.04. The van der Waals surface area contributed by atoms with Gasteiger partial charge in [-0.25, -0.2) is 0 Å². The molecule has 3 rings (SSSR count). The highest BCUT2D eigenvalue weighted by Crippen LogP contribution is 2.23. The number of hydrogen-bond donors (Lipinski definition) is 2. The molecule has 2 aliphatic heterocycles. The van der Waals surface area contributed by atoms with E-state index in [2.05, 4.69) is 16.7 Å². The van der Waals surface area contributed by atoms with Gasteiger partial charge in [-0.15, -0.1) is 0 Å². The maximum atomic E-state index is 10.5. The van der Waals surface area contributed by atoms with Gasteiger partial charge in [0.05, 0.1) is 18.8 Å². The minimum atomic E-state index is -0.315. The van der Waals surface area contributed by atoms with Crippen LogP contribution in [-0.2, 0) is 13.0 Å². The first-order valence-electron chi connectivity index (χ1n) is 8.56. The van der Waals surface area contributed by atoms with Gasteiger partial charge >= 0.3 is 0 Å². The molecule has 22 heavy (non-hydrogen) atoms. The predicted molar refractivity (Wildman–Crippen MR) is 84.6 cm³/mol. The van der Waals surface area contributed by atoms with E-state index in [1.54, 1.807) is 0 Å². The van der Waals surface area contributed by atoms with Crippen LogP contribution in [0.1, 0.15) is 37.7 Å². The van der Waals surface area contributed by atoms with E-state index in [1.165, 1.54) is 0 Å². The summed E-state index contributed by atoms with van der Waals surface area (Å²) in [6, 6.07) is 4.33. The zero-order valence-electron chi connectivity index (χ0n) is 13.4. The van der Waals surface area contributed by atoms with Gasteiger partial charge in [-0.1, -0.05) is 6.92 Å². The van der Waals surface area contributed by atoms with Crippen molar-refractivity contribution in [3.63, 3.8) is 0 Å². The van der Waals surface area contributed by atoms with Crippen LogP contribution in [0.4, 0.5) is 0 Å². The first-order valence-corrected chi connectivity index (χ1v) is 8.56. The van der Waals surface area contributed by atoms with E-state index in [1.807, 2.05) is 12.1 Å². The number of nitrogens with zero attached hydrogens (tertiary/aromatic N) is 2. The molecule has 2 aliphatic rings. The third kappa shape index (κ3) is 3.71. The summed E-state index contributed by atoms with van der Waals surface area (Å²) < 4.78 is 5.76. The third-order valence-corrected chi connectivity index (χ3v) is 5.04. The fourth-order valence-electron chi connectivity index (χ4n) is 3.69. The Morgan fingerprint density at radius 1 is 1.09 bits per heavy atom. The van der Waals surface area contributed by atoms with Crippen molar-refractivity contribution in [1.82, 2.24) is 9.80 Å². The normalized spacial score (nSPS) is 29.0. The van der Waals surface area contributed by atoms with Crippen molar-refractivity contribution < 1.29 is 14.6 Å². The van der Waals surface area contributed by atoms with Crippen molar-refractivity contribution in [1.29, 1.82) is 0 Å². The largest absolute Gasteiger partial charge is 0.465 e. The number of aryl methyl sites for hydroxylation is 1. The van der Waals surface area contributed by atoms with Crippen LogP contribution in [0.15, 0.2) is 16.5 Å². The molecule has 1 aromatic rings. The number of aliphatic hydroxyl groups is 2. The van der Waals surface area contributed by atoms with Gasteiger partial charge in [0.15, 0.2) is 0 Å². The van der Waals surface area contributed by atoms with Gasteiger partial charge in [-0.05, 0) is 31.4 Å². The Morgan fingerprint density at radius 2 is 1.82 bits per heavy atom. The molecule has 0 unspecified atom stereocenters. The molecule has 5 heteroatoms. The van der Waals surface area contributed by atoms with Crippen molar-refractivity contribution >= 4 is 0 Å². The molecule has 1 aromatic heterocycles. The van der Waals surface area contributed by atoms with Gasteiger partial charge in [0.1, 0.15) is 11.5 Å². The summed E-state index contributed by atoms with van der Waals surface area (Å²) in [5.74, 6) is 2.01. The lowest BCUT2D eigenvalue weighted by atomic mass is 9.96. The Hall–Kier alpha value is -0.880. The summed E-state index contributed by atoms with van der Waals surface area (Å²) in [5, 5.41) is 20.1. The first-order chi connectivity index (χ1) is 10.7. The topological polar surface area (TPSA) is 60.1 Å². The van der Waals surface area contributed by atoms with Gasteiger partial charge < -0.3 is 14.6 Å². The lowest BCUT2D eigenvalue weighted by molar-refractivity contribution is -0.0366. The molecule has 2 saturated heterocycles. The monoisotopic (exact) mass is 308 g/mol. The molecular weight excluding hydrogens is 280 g/mol. The number of likely N-dealkylation sites (tertiary alicyclic amines) is 2. The fourth-order valence-corrected chi connectivity index (χ4v) is 3.69. The van der Waals surface area contributed by atoms with Crippen LogP contribution in [0.3, 0.4) is 0 Å². The van der Waals surface area contributed by atoms with Crippen LogP contribution in [-0.4, -0.2) is 64.4 Å². The molecular formula is C17H28N2O3. The van der Waals surface area contributed by atoms with Crippen molar-refractivity contribution in [3.8, 4) is 0 Å².